The van der Waals surface area contributed by atoms with E-state index in [0.717, 1.165) is 31.5 Å². The number of likely N-dealkylation sites (tertiary alicyclic amines) is 1. The summed E-state index contributed by atoms with van der Waals surface area (Å²) in [6.45, 7) is 1.81. The first-order chi connectivity index (χ1) is 13.5. The fourth-order valence-corrected chi connectivity index (χ4v) is 4.88. The quantitative estimate of drug-likeness (QED) is 0.733. The van der Waals surface area contributed by atoms with Crippen LogP contribution in [-0.2, 0) is 20.8 Å². The molecule has 2 heterocycles. The number of nitrogens with one attached hydrogen (secondary N) is 1. The van der Waals surface area contributed by atoms with E-state index in [-0.39, 0.29) is 43.1 Å². The normalized spacial score (nSPS) is 19.1. The summed E-state index contributed by atoms with van der Waals surface area (Å²) >= 11 is 13.4. The van der Waals surface area contributed by atoms with E-state index in [4.69, 9.17) is 23.2 Å². The van der Waals surface area contributed by atoms with Gasteiger partial charge in [-0.25, -0.2) is 0 Å². The highest BCUT2D eigenvalue weighted by Gasteiger charge is 2.37. The van der Waals surface area contributed by atoms with E-state index in [1.54, 1.807) is 34.9 Å². The van der Waals surface area contributed by atoms with Gasteiger partial charge < -0.3 is 15.1 Å². The van der Waals surface area contributed by atoms with Crippen molar-refractivity contribution in [1.82, 2.24) is 15.1 Å². The molecule has 0 bridgehead atoms. The zero-order valence-electron chi connectivity index (χ0n) is 15.5. The Morgan fingerprint density at radius 2 is 1.89 bits per heavy atom. The molecule has 1 aromatic carbocycles. The van der Waals surface area contributed by atoms with Crippen LogP contribution >= 0.6 is 35.0 Å². The molecule has 0 aliphatic carbocycles. The third kappa shape index (κ3) is 5.33. The Kier molecular flexibility index (Phi) is 7.48. The highest BCUT2D eigenvalue weighted by molar-refractivity contribution is 7.99. The van der Waals surface area contributed by atoms with E-state index in [1.807, 2.05) is 4.90 Å². The minimum Gasteiger partial charge on any atom is -0.355 e. The number of benzene rings is 1. The van der Waals surface area contributed by atoms with Gasteiger partial charge >= 0.3 is 0 Å². The average Bonchev–Trinajstić information content (AvgIpc) is 3.36. The van der Waals surface area contributed by atoms with Crippen LogP contribution in [0.2, 0.25) is 10.0 Å². The van der Waals surface area contributed by atoms with Crippen LogP contribution in [0.3, 0.4) is 0 Å². The summed E-state index contributed by atoms with van der Waals surface area (Å²) in [5.41, 5.74) is 0.755. The zero-order chi connectivity index (χ0) is 20.1. The molecule has 0 radical (unpaired) electrons. The predicted octanol–water partition coefficient (Wildman–Crippen LogP) is 2.57. The van der Waals surface area contributed by atoms with Crippen LogP contribution in [0.5, 0.6) is 0 Å². The van der Waals surface area contributed by atoms with Crippen LogP contribution in [-0.4, -0.2) is 64.8 Å². The van der Waals surface area contributed by atoms with Crippen molar-refractivity contribution in [1.29, 1.82) is 0 Å². The molecule has 1 atom stereocenters. The number of thioether (sulfide) groups is 1. The maximum atomic E-state index is 12.6. The lowest BCUT2D eigenvalue weighted by Crippen LogP contribution is -2.48. The lowest BCUT2D eigenvalue weighted by atomic mass is 10.1. The smallest absolute Gasteiger partial charge is 0.246 e. The summed E-state index contributed by atoms with van der Waals surface area (Å²) in [5.74, 6) is 0.939. The minimum absolute atomic E-state index is 0.0551. The van der Waals surface area contributed by atoms with Gasteiger partial charge in [-0.1, -0.05) is 29.3 Å². The summed E-state index contributed by atoms with van der Waals surface area (Å²) in [7, 11) is 0. The molecular weight excluding hydrogens is 421 g/mol. The second kappa shape index (κ2) is 9.85. The first kappa shape index (κ1) is 21.3. The van der Waals surface area contributed by atoms with E-state index < -0.39 is 0 Å². The number of halogens is 2. The Bertz CT molecular complexity index is 756. The number of rotatable bonds is 6. The molecule has 0 saturated carbocycles. The third-order valence-corrected chi connectivity index (χ3v) is 6.67. The second-order valence-electron chi connectivity index (χ2n) is 6.94. The molecule has 152 valence electrons. The first-order valence-electron chi connectivity index (χ1n) is 9.32. The molecule has 9 heteroatoms. The molecule has 1 aromatic rings. The van der Waals surface area contributed by atoms with Crippen molar-refractivity contribution in [3.63, 3.8) is 0 Å². The van der Waals surface area contributed by atoms with Gasteiger partial charge in [0.2, 0.25) is 17.7 Å². The van der Waals surface area contributed by atoms with Gasteiger partial charge in [-0.2, -0.15) is 0 Å². The number of hydrogen-bond acceptors (Lipinski definition) is 4. The lowest BCUT2D eigenvalue weighted by Gasteiger charge is -2.27. The van der Waals surface area contributed by atoms with Crippen LogP contribution in [0.25, 0.3) is 0 Å². The SMILES string of the molecule is O=C(Cc1ccc(Cl)c(Cl)c1)NCCC(=O)N1CSC[C@H]1C(=O)N1CCCC1. The maximum absolute atomic E-state index is 12.6. The van der Waals surface area contributed by atoms with Gasteiger partial charge in [-0.3, -0.25) is 14.4 Å². The Morgan fingerprint density at radius 3 is 2.61 bits per heavy atom. The summed E-state index contributed by atoms with van der Waals surface area (Å²) in [5, 5.41) is 3.60. The molecule has 3 rings (SSSR count). The predicted molar refractivity (Wildman–Crippen MR) is 112 cm³/mol. The van der Waals surface area contributed by atoms with Crippen molar-refractivity contribution in [2.45, 2.75) is 31.7 Å². The van der Waals surface area contributed by atoms with Crippen molar-refractivity contribution >= 4 is 52.7 Å². The van der Waals surface area contributed by atoms with Gasteiger partial charge in [0.15, 0.2) is 0 Å². The van der Waals surface area contributed by atoms with Gasteiger partial charge in [-0.05, 0) is 30.5 Å². The number of amides is 3. The van der Waals surface area contributed by atoms with Gasteiger partial charge in [0, 0.05) is 31.8 Å². The first-order valence-corrected chi connectivity index (χ1v) is 11.2. The van der Waals surface area contributed by atoms with Crippen LogP contribution in [0, 0.1) is 0 Å². The highest BCUT2D eigenvalue weighted by atomic mass is 35.5. The number of carbonyl (C=O) groups excluding carboxylic acids is 3. The zero-order valence-corrected chi connectivity index (χ0v) is 17.8. The van der Waals surface area contributed by atoms with E-state index in [0.29, 0.717) is 21.7 Å². The molecule has 0 aromatic heterocycles. The molecule has 2 saturated heterocycles. The summed E-state index contributed by atoms with van der Waals surface area (Å²) in [4.78, 5) is 40.8. The molecule has 2 aliphatic rings. The summed E-state index contributed by atoms with van der Waals surface area (Å²) in [6.07, 6.45) is 2.41. The maximum Gasteiger partial charge on any atom is 0.246 e. The monoisotopic (exact) mass is 443 g/mol. The third-order valence-electron chi connectivity index (χ3n) is 4.92. The number of nitrogens with zero attached hydrogens (tertiary/aromatic N) is 2. The minimum atomic E-state index is -0.373. The van der Waals surface area contributed by atoms with Gasteiger partial charge in [0.25, 0.3) is 0 Å². The Labute approximate surface area is 178 Å². The van der Waals surface area contributed by atoms with E-state index in [9.17, 15) is 14.4 Å². The van der Waals surface area contributed by atoms with Crippen molar-refractivity contribution < 1.29 is 14.4 Å². The second-order valence-corrected chi connectivity index (χ2v) is 8.75. The van der Waals surface area contributed by atoms with Gasteiger partial charge in [0.05, 0.1) is 22.3 Å². The summed E-state index contributed by atoms with van der Waals surface area (Å²) in [6, 6.07) is 4.68. The summed E-state index contributed by atoms with van der Waals surface area (Å²) < 4.78 is 0. The molecule has 3 amide bonds. The van der Waals surface area contributed by atoms with Crippen LogP contribution < -0.4 is 5.32 Å². The van der Waals surface area contributed by atoms with Gasteiger partial charge in [0.1, 0.15) is 6.04 Å². The van der Waals surface area contributed by atoms with Crippen molar-refractivity contribution in [2.75, 3.05) is 31.3 Å². The molecule has 0 spiro atoms. The van der Waals surface area contributed by atoms with Crippen molar-refractivity contribution in [2.24, 2.45) is 0 Å². The van der Waals surface area contributed by atoms with E-state index in [1.165, 1.54) is 0 Å². The molecule has 2 aliphatic heterocycles. The molecule has 1 N–H and O–H groups in total. The molecule has 2 fully saturated rings. The fraction of sp³-hybridized carbons (Fsp3) is 0.526. The van der Waals surface area contributed by atoms with Crippen LogP contribution in [0.4, 0.5) is 0 Å². The van der Waals surface area contributed by atoms with Crippen molar-refractivity contribution in [3.05, 3.63) is 33.8 Å². The number of carbonyl (C=O) groups is 3. The Balaban J connectivity index is 1.44. The molecule has 6 nitrogen and oxygen atoms in total. The molecule has 28 heavy (non-hydrogen) atoms. The average molecular weight is 444 g/mol. The Hall–Kier alpha value is -1.44. The fourth-order valence-electron chi connectivity index (χ4n) is 3.39. The van der Waals surface area contributed by atoms with Crippen LogP contribution in [0.15, 0.2) is 18.2 Å². The topological polar surface area (TPSA) is 69.7 Å². The van der Waals surface area contributed by atoms with Crippen LogP contribution in [0.1, 0.15) is 24.8 Å². The standard InChI is InChI=1S/C19H23Cl2N3O3S/c20-14-4-3-13(9-15(14)21)10-17(25)22-6-5-18(26)24-12-28-11-16(24)19(27)23-7-1-2-8-23/h3-4,9,16H,1-2,5-8,10-12H2,(H,22,25)/t16-/m0/s1. The Morgan fingerprint density at radius 1 is 1.14 bits per heavy atom. The molecular formula is C19H23Cl2N3O3S. The lowest BCUT2D eigenvalue weighted by molar-refractivity contribution is -0.142. The molecule has 0 unspecified atom stereocenters. The van der Waals surface area contributed by atoms with E-state index in [2.05, 4.69) is 5.32 Å². The van der Waals surface area contributed by atoms with Gasteiger partial charge in [-0.15, -0.1) is 11.8 Å². The highest BCUT2D eigenvalue weighted by Crippen LogP contribution is 2.25. The van der Waals surface area contributed by atoms with E-state index >= 15 is 0 Å². The number of hydrogen-bond donors (Lipinski definition) is 1. The largest absolute Gasteiger partial charge is 0.355 e. The van der Waals surface area contributed by atoms with Crippen molar-refractivity contribution in [3.8, 4) is 0 Å².